The molecule has 19 heavy (non-hydrogen) atoms. The average molecular weight is 287 g/mol. The molecule has 1 aliphatic rings. The van der Waals surface area contributed by atoms with E-state index in [-0.39, 0.29) is 10.9 Å². The minimum absolute atomic E-state index is 0.102. The van der Waals surface area contributed by atoms with Crippen molar-refractivity contribution >= 4 is 10.8 Å². The van der Waals surface area contributed by atoms with Crippen LogP contribution in [0.4, 0.5) is 8.78 Å². The fourth-order valence-corrected chi connectivity index (χ4v) is 3.49. The van der Waals surface area contributed by atoms with Gasteiger partial charge in [-0.25, -0.2) is 8.78 Å². The highest BCUT2D eigenvalue weighted by atomic mass is 32.2. The van der Waals surface area contributed by atoms with Crippen molar-refractivity contribution in [3.05, 3.63) is 29.8 Å². The molecule has 1 aromatic carbocycles. The molecule has 1 N–H and O–H groups in total. The molecule has 0 bridgehead atoms. The normalized spacial score (nSPS) is 18.3. The topological polar surface area (TPSA) is 29.1 Å². The molecule has 1 fully saturated rings. The number of halogens is 2. The van der Waals surface area contributed by atoms with Crippen molar-refractivity contribution in [2.45, 2.75) is 37.1 Å². The van der Waals surface area contributed by atoms with Crippen LogP contribution in [0.15, 0.2) is 23.1 Å². The Morgan fingerprint density at radius 3 is 2.74 bits per heavy atom. The molecular weight excluding hydrogens is 268 g/mol. The second-order valence-corrected chi connectivity index (χ2v) is 6.45. The van der Waals surface area contributed by atoms with E-state index in [1.807, 2.05) is 0 Å². The van der Waals surface area contributed by atoms with Crippen LogP contribution in [0.25, 0.3) is 0 Å². The molecule has 2 unspecified atom stereocenters. The molecule has 1 aromatic rings. The van der Waals surface area contributed by atoms with Gasteiger partial charge in [0.2, 0.25) is 0 Å². The molecule has 2 nitrogen and oxygen atoms in total. The second kappa shape index (κ2) is 6.57. The van der Waals surface area contributed by atoms with E-state index in [0.29, 0.717) is 11.7 Å². The molecule has 0 saturated heterocycles. The summed E-state index contributed by atoms with van der Waals surface area (Å²) in [4.78, 5) is 0.102. The predicted molar refractivity (Wildman–Crippen MR) is 72.4 cm³/mol. The first-order chi connectivity index (χ1) is 9.11. The summed E-state index contributed by atoms with van der Waals surface area (Å²) < 4.78 is 38.6. The highest BCUT2D eigenvalue weighted by Gasteiger charge is 2.32. The Hall–Kier alpha value is -0.810. The van der Waals surface area contributed by atoms with Crippen LogP contribution in [0.2, 0.25) is 0 Å². The molecule has 5 heteroatoms. The Bertz CT molecular complexity index is 463. The first-order valence-corrected chi connectivity index (χ1v) is 8.00. The molecule has 1 aliphatic carbocycles. The minimum atomic E-state index is -1.42. The molecule has 0 heterocycles. The first kappa shape index (κ1) is 14.6. The second-order valence-electron chi connectivity index (χ2n) is 4.98. The van der Waals surface area contributed by atoms with E-state index in [9.17, 15) is 13.0 Å². The summed E-state index contributed by atoms with van der Waals surface area (Å²) in [5.74, 6) is -0.406. The zero-order valence-corrected chi connectivity index (χ0v) is 11.8. The SMILES string of the molecule is CCCNC(CS(=O)c1ccc(F)cc1F)C1CC1. The number of rotatable bonds is 7. The summed E-state index contributed by atoms with van der Waals surface area (Å²) in [5, 5.41) is 3.37. The molecule has 0 aliphatic heterocycles. The zero-order chi connectivity index (χ0) is 13.8. The average Bonchev–Trinajstić information content (AvgIpc) is 3.18. The maximum atomic E-state index is 13.6. The summed E-state index contributed by atoms with van der Waals surface area (Å²) >= 11 is 0. The lowest BCUT2D eigenvalue weighted by Gasteiger charge is -2.17. The number of nitrogens with one attached hydrogen (secondary N) is 1. The highest BCUT2D eigenvalue weighted by Crippen LogP contribution is 2.33. The third-order valence-electron chi connectivity index (χ3n) is 3.32. The first-order valence-electron chi connectivity index (χ1n) is 6.68. The van der Waals surface area contributed by atoms with Gasteiger partial charge >= 0.3 is 0 Å². The van der Waals surface area contributed by atoms with Gasteiger partial charge in [0.1, 0.15) is 11.6 Å². The Kier molecular flexibility index (Phi) is 5.05. The van der Waals surface area contributed by atoms with Gasteiger partial charge in [0, 0.05) is 17.9 Å². The smallest absolute Gasteiger partial charge is 0.142 e. The highest BCUT2D eigenvalue weighted by molar-refractivity contribution is 7.85. The van der Waals surface area contributed by atoms with Crippen LogP contribution in [-0.4, -0.2) is 22.5 Å². The van der Waals surface area contributed by atoms with Crippen molar-refractivity contribution in [3.8, 4) is 0 Å². The van der Waals surface area contributed by atoms with Crippen LogP contribution < -0.4 is 5.32 Å². The van der Waals surface area contributed by atoms with E-state index in [2.05, 4.69) is 12.2 Å². The molecule has 0 amide bonds. The third kappa shape index (κ3) is 4.08. The van der Waals surface area contributed by atoms with Crippen LogP contribution in [0, 0.1) is 17.6 Å². The van der Waals surface area contributed by atoms with Crippen molar-refractivity contribution in [1.82, 2.24) is 5.32 Å². The van der Waals surface area contributed by atoms with Crippen LogP contribution >= 0.6 is 0 Å². The van der Waals surface area contributed by atoms with Gasteiger partial charge in [0.05, 0.1) is 15.7 Å². The van der Waals surface area contributed by atoms with E-state index in [1.54, 1.807) is 0 Å². The Morgan fingerprint density at radius 1 is 1.42 bits per heavy atom. The standard InChI is InChI=1S/C14H19F2NOS/c1-2-7-17-13(10-3-4-10)9-19(18)14-6-5-11(15)8-12(14)16/h5-6,8,10,13,17H,2-4,7,9H2,1H3. The van der Waals surface area contributed by atoms with Gasteiger partial charge in [-0.15, -0.1) is 0 Å². The van der Waals surface area contributed by atoms with Gasteiger partial charge in [-0.1, -0.05) is 6.92 Å². The lowest BCUT2D eigenvalue weighted by molar-refractivity contribution is 0.497. The largest absolute Gasteiger partial charge is 0.313 e. The van der Waals surface area contributed by atoms with Gasteiger partial charge in [0.25, 0.3) is 0 Å². The quantitative estimate of drug-likeness (QED) is 0.835. The Morgan fingerprint density at radius 2 is 2.16 bits per heavy atom. The number of hydrogen-bond donors (Lipinski definition) is 1. The van der Waals surface area contributed by atoms with Gasteiger partial charge in [-0.05, 0) is 43.9 Å². The van der Waals surface area contributed by atoms with Crippen LogP contribution in [-0.2, 0) is 10.8 Å². The summed E-state index contributed by atoms with van der Waals surface area (Å²) in [5.41, 5.74) is 0. The van der Waals surface area contributed by atoms with Gasteiger partial charge in [0.15, 0.2) is 0 Å². The molecule has 2 atom stereocenters. The van der Waals surface area contributed by atoms with Crippen LogP contribution in [0.5, 0.6) is 0 Å². The summed E-state index contributed by atoms with van der Waals surface area (Å²) in [6, 6.07) is 3.40. The van der Waals surface area contributed by atoms with Gasteiger partial charge < -0.3 is 5.32 Å². The molecule has 106 valence electrons. The van der Waals surface area contributed by atoms with Gasteiger partial charge in [-0.3, -0.25) is 4.21 Å². The van der Waals surface area contributed by atoms with Crippen LogP contribution in [0.1, 0.15) is 26.2 Å². The summed E-state index contributed by atoms with van der Waals surface area (Å²) in [6.45, 7) is 2.96. The van der Waals surface area contributed by atoms with Crippen LogP contribution in [0.3, 0.4) is 0 Å². The fraction of sp³-hybridized carbons (Fsp3) is 0.571. The monoisotopic (exact) mass is 287 g/mol. The van der Waals surface area contributed by atoms with E-state index in [0.717, 1.165) is 37.9 Å². The van der Waals surface area contributed by atoms with E-state index >= 15 is 0 Å². The molecule has 0 aromatic heterocycles. The van der Waals surface area contributed by atoms with E-state index in [1.165, 1.54) is 6.07 Å². The summed E-state index contributed by atoms with van der Waals surface area (Å²) in [6.07, 6.45) is 3.30. The van der Waals surface area contributed by atoms with Crippen molar-refractivity contribution in [2.75, 3.05) is 12.3 Å². The summed E-state index contributed by atoms with van der Waals surface area (Å²) in [7, 11) is -1.42. The molecule has 0 radical (unpaired) electrons. The van der Waals surface area contributed by atoms with Crippen molar-refractivity contribution in [3.63, 3.8) is 0 Å². The molecule has 1 saturated carbocycles. The minimum Gasteiger partial charge on any atom is -0.313 e. The van der Waals surface area contributed by atoms with Gasteiger partial charge in [-0.2, -0.15) is 0 Å². The maximum absolute atomic E-state index is 13.6. The number of benzene rings is 1. The van der Waals surface area contributed by atoms with Crippen molar-refractivity contribution in [2.24, 2.45) is 5.92 Å². The predicted octanol–water partition coefficient (Wildman–Crippen LogP) is 2.85. The fourth-order valence-electron chi connectivity index (χ4n) is 2.10. The molecule has 2 rings (SSSR count). The lowest BCUT2D eigenvalue weighted by Crippen LogP contribution is -2.36. The van der Waals surface area contributed by atoms with E-state index < -0.39 is 22.4 Å². The maximum Gasteiger partial charge on any atom is 0.142 e. The zero-order valence-electron chi connectivity index (χ0n) is 11.0. The lowest BCUT2D eigenvalue weighted by atomic mass is 10.2. The Balaban J connectivity index is 2.01. The third-order valence-corrected chi connectivity index (χ3v) is 4.80. The van der Waals surface area contributed by atoms with Crippen molar-refractivity contribution in [1.29, 1.82) is 0 Å². The van der Waals surface area contributed by atoms with Crippen molar-refractivity contribution < 1.29 is 13.0 Å². The molecular formula is C14H19F2NOS. The van der Waals surface area contributed by atoms with E-state index in [4.69, 9.17) is 0 Å². The Labute approximate surface area is 115 Å². The number of hydrogen-bond acceptors (Lipinski definition) is 2. The molecule has 0 spiro atoms.